The van der Waals surface area contributed by atoms with E-state index in [2.05, 4.69) is 26.5 Å². The lowest BCUT2D eigenvalue weighted by atomic mass is 10.1. The van der Waals surface area contributed by atoms with E-state index in [-0.39, 0.29) is 12.6 Å². The van der Waals surface area contributed by atoms with Crippen LogP contribution in [0.25, 0.3) is 10.8 Å². The predicted molar refractivity (Wildman–Crippen MR) is 123 cm³/mol. The largest absolute Gasteiger partial charge is 0.483 e. The van der Waals surface area contributed by atoms with E-state index in [1.807, 2.05) is 42.5 Å². The van der Waals surface area contributed by atoms with E-state index >= 15 is 0 Å². The van der Waals surface area contributed by atoms with E-state index in [0.29, 0.717) is 26.8 Å². The Bertz CT molecular complexity index is 1230. The van der Waals surface area contributed by atoms with Crippen LogP contribution in [0.3, 0.4) is 0 Å². The molecule has 4 aromatic rings. The zero-order chi connectivity index (χ0) is 21.6. The molecule has 1 N–H and O–H groups in total. The molecule has 0 radical (unpaired) electrons. The average Bonchev–Trinajstić information content (AvgIpc) is 3.12. The molecule has 0 fully saturated rings. The van der Waals surface area contributed by atoms with Gasteiger partial charge >= 0.3 is 5.95 Å². The van der Waals surface area contributed by atoms with E-state index in [1.165, 1.54) is 6.21 Å². The number of fused-ring (bicyclic) bond motifs is 1. The molecule has 8 heteroatoms. The van der Waals surface area contributed by atoms with Gasteiger partial charge in [0.2, 0.25) is 0 Å². The first-order chi connectivity index (χ1) is 15.1. The van der Waals surface area contributed by atoms with Crippen molar-refractivity contribution in [1.29, 1.82) is 0 Å². The highest BCUT2D eigenvalue weighted by Gasteiger charge is 2.11. The molecule has 6 nitrogen and oxygen atoms in total. The Labute approximate surface area is 191 Å². The highest BCUT2D eigenvalue weighted by Crippen LogP contribution is 2.32. The zero-order valence-corrected chi connectivity index (χ0v) is 18.4. The number of halogens is 2. The van der Waals surface area contributed by atoms with Crippen LogP contribution in [0.15, 0.2) is 86.8 Å². The maximum Gasteiger partial charge on any atom is 0.305 e. The Morgan fingerprint density at radius 1 is 1.10 bits per heavy atom. The molecule has 0 spiro atoms. The van der Waals surface area contributed by atoms with Crippen molar-refractivity contribution < 1.29 is 18.7 Å². The summed E-state index contributed by atoms with van der Waals surface area (Å²) in [6.45, 7) is -0.169. The molecule has 3 aromatic carbocycles. The first-order valence-corrected chi connectivity index (χ1v) is 10.4. The van der Waals surface area contributed by atoms with Gasteiger partial charge in [0.15, 0.2) is 12.4 Å². The number of nitrogens with zero attached hydrogens (tertiary/aromatic N) is 1. The summed E-state index contributed by atoms with van der Waals surface area (Å²) in [6.07, 6.45) is 1.37. The van der Waals surface area contributed by atoms with Crippen LogP contribution in [0.1, 0.15) is 5.76 Å². The summed E-state index contributed by atoms with van der Waals surface area (Å²) in [6, 6.07) is 22.0. The lowest BCUT2D eigenvalue weighted by Gasteiger charge is -2.08. The highest BCUT2D eigenvalue weighted by molar-refractivity contribution is 9.10. The van der Waals surface area contributed by atoms with Gasteiger partial charge in [-0.2, -0.15) is 5.10 Å². The lowest BCUT2D eigenvalue weighted by Crippen LogP contribution is -2.24. The minimum Gasteiger partial charge on any atom is -0.483 e. The van der Waals surface area contributed by atoms with Gasteiger partial charge in [-0.15, -0.1) is 0 Å². The van der Waals surface area contributed by atoms with Crippen molar-refractivity contribution in [3.8, 4) is 17.4 Å². The molecular weight excluding hydrogens is 484 g/mol. The van der Waals surface area contributed by atoms with Crippen molar-refractivity contribution in [2.75, 3.05) is 6.61 Å². The molecule has 0 aliphatic carbocycles. The fourth-order valence-electron chi connectivity index (χ4n) is 2.78. The number of hydrazone groups is 1. The Balaban J connectivity index is 1.32. The van der Waals surface area contributed by atoms with E-state index in [1.54, 1.807) is 30.3 Å². The summed E-state index contributed by atoms with van der Waals surface area (Å²) in [5.41, 5.74) is 2.41. The second-order valence-corrected chi connectivity index (χ2v) is 7.69. The van der Waals surface area contributed by atoms with Gasteiger partial charge in [0.1, 0.15) is 16.0 Å². The number of nitrogens with one attached hydrogen (secondary N) is 1. The molecule has 0 aliphatic rings. The number of hydrogen-bond donors (Lipinski definition) is 1. The van der Waals surface area contributed by atoms with Crippen molar-refractivity contribution in [3.05, 3.63) is 88.1 Å². The summed E-state index contributed by atoms with van der Waals surface area (Å²) in [7, 11) is 0. The summed E-state index contributed by atoms with van der Waals surface area (Å²) in [4.78, 5) is 12.1. The number of carbonyl (C=O) groups excluding carboxylic acids is 1. The monoisotopic (exact) mass is 498 g/mol. The van der Waals surface area contributed by atoms with Crippen LogP contribution in [0.4, 0.5) is 0 Å². The first kappa shape index (κ1) is 21.0. The third-order valence-electron chi connectivity index (χ3n) is 4.19. The molecule has 0 saturated carbocycles. The highest BCUT2D eigenvalue weighted by atomic mass is 79.9. The predicted octanol–water partition coefficient (Wildman–Crippen LogP) is 6.17. The van der Waals surface area contributed by atoms with Crippen molar-refractivity contribution in [3.63, 3.8) is 0 Å². The van der Waals surface area contributed by atoms with Gasteiger partial charge < -0.3 is 13.9 Å². The molecule has 1 amide bonds. The van der Waals surface area contributed by atoms with Crippen LogP contribution in [0.2, 0.25) is 5.02 Å². The summed E-state index contributed by atoms with van der Waals surface area (Å²) in [5.74, 6) is 1.46. The van der Waals surface area contributed by atoms with Crippen molar-refractivity contribution in [2.24, 2.45) is 5.10 Å². The SMILES string of the molecule is O=C(COc1cccc2ccccc12)NN=Cc1cc(Br)c(Oc2ccc(Cl)cc2)o1. The summed E-state index contributed by atoms with van der Waals surface area (Å²) >= 11 is 9.23. The third-order valence-corrected chi connectivity index (χ3v) is 4.99. The first-order valence-electron chi connectivity index (χ1n) is 9.24. The molecule has 0 saturated heterocycles. The van der Waals surface area contributed by atoms with E-state index < -0.39 is 5.91 Å². The number of hydrogen-bond acceptors (Lipinski definition) is 5. The third kappa shape index (κ3) is 5.45. The van der Waals surface area contributed by atoms with Gasteiger partial charge in [-0.25, -0.2) is 5.43 Å². The van der Waals surface area contributed by atoms with Crippen LogP contribution >= 0.6 is 27.5 Å². The Hall–Kier alpha value is -3.29. The Morgan fingerprint density at radius 2 is 1.87 bits per heavy atom. The average molecular weight is 500 g/mol. The van der Waals surface area contributed by atoms with Crippen LogP contribution < -0.4 is 14.9 Å². The molecule has 1 heterocycles. The number of furan rings is 1. The zero-order valence-electron chi connectivity index (χ0n) is 16.0. The van der Waals surface area contributed by atoms with Gasteiger partial charge in [-0.3, -0.25) is 4.79 Å². The molecule has 1 aromatic heterocycles. The summed E-state index contributed by atoms with van der Waals surface area (Å²) in [5, 5.41) is 6.49. The van der Waals surface area contributed by atoms with Crippen molar-refractivity contribution >= 4 is 50.4 Å². The van der Waals surface area contributed by atoms with E-state index in [9.17, 15) is 4.79 Å². The fraction of sp³-hybridized carbons (Fsp3) is 0.0435. The number of ether oxygens (including phenoxy) is 2. The van der Waals surface area contributed by atoms with Crippen LogP contribution in [0.5, 0.6) is 17.4 Å². The van der Waals surface area contributed by atoms with Gasteiger partial charge in [0.25, 0.3) is 5.91 Å². The molecule has 0 atom stereocenters. The number of carbonyl (C=O) groups is 1. The molecule has 156 valence electrons. The minimum atomic E-state index is -0.396. The van der Waals surface area contributed by atoms with Crippen molar-refractivity contribution in [1.82, 2.24) is 5.43 Å². The van der Waals surface area contributed by atoms with Crippen LogP contribution in [-0.2, 0) is 4.79 Å². The fourth-order valence-corrected chi connectivity index (χ4v) is 3.29. The molecule has 0 aliphatic heterocycles. The quantitative estimate of drug-likeness (QED) is 0.244. The van der Waals surface area contributed by atoms with Gasteiger partial charge in [0.05, 0.1) is 6.21 Å². The van der Waals surface area contributed by atoms with Gasteiger partial charge in [0, 0.05) is 16.5 Å². The summed E-state index contributed by atoms with van der Waals surface area (Å²) < 4.78 is 17.5. The normalized spacial score (nSPS) is 11.0. The smallest absolute Gasteiger partial charge is 0.305 e. The molecule has 4 rings (SSSR count). The van der Waals surface area contributed by atoms with Gasteiger partial charge in [-0.05, 0) is 51.6 Å². The number of benzene rings is 3. The van der Waals surface area contributed by atoms with Gasteiger partial charge in [-0.1, -0.05) is 48.0 Å². The maximum absolute atomic E-state index is 12.1. The Kier molecular flexibility index (Phi) is 6.54. The molecule has 0 unspecified atom stereocenters. The molecule has 31 heavy (non-hydrogen) atoms. The number of rotatable bonds is 7. The van der Waals surface area contributed by atoms with Crippen LogP contribution in [-0.4, -0.2) is 18.7 Å². The second kappa shape index (κ2) is 9.68. The second-order valence-electron chi connectivity index (χ2n) is 6.40. The van der Waals surface area contributed by atoms with Crippen LogP contribution in [0, 0.1) is 0 Å². The lowest BCUT2D eigenvalue weighted by molar-refractivity contribution is -0.123. The van der Waals surface area contributed by atoms with E-state index in [0.717, 1.165) is 10.8 Å². The maximum atomic E-state index is 12.1. The minimum absolute atomic E-state index is 0.169. The van der Waals surface area contributed by atoms with Crippen molar-refractivity contribution in [2.45, 2.75) is 0 Å². The Morgan fingerprint density at radius 3 is 2.71 bits per heavy atom. The topological polar surface area (TPSA) is 73.1 Å². The molecule has 0 bridgehead atoms. The van der Waals surface area contributed by atoms with E-state index in [4.69, 9.17) is 25.5 Å². The number of amides is 1. The molecular formula is C23H16BrClN2O4. The standard InChI is InChI=1S/C23H16BrClN2O4/c24-20-12-18(31-23(20)30-17-10-8-16(25)9-11-17)13-26-27-22(28)14-29-21-7-3-5-15-4-1-2-6-19(15)21/h1-13H,14H2,(H,27,28).